The SMILES string of the molecule is C1=CCC=CCCCC=C1. The number of rotatable bonds is 0. The van der Waals surface area contributed by atoms with Crippen LogP contribution < -0.4 is 0 Å². The first-order valence-electron chi connectivity index (χ1n) is 3.97. The van der Waals surface area contributed by atoms with E-state index in [9.17, 15) is 0 Å². The molecular formula is C10H14. The van der Waals surface area contributed by atoms with E-state index in [4.69, 9.17) is 0 Å². The molecule has 0 aromatic rings. The van der Waals surface area contributed by atoms with Crippen LogP contribution in [0.3, 0.4) is 0 Å². The fourth-order valence-corrected chi connectivity index (χ4v) is 0.978. The molecule has 0 heterocycles. The Labute approximate surface area is 62.9 Å². The van der Waals surface area contributed by atoms with Gasteiger partial charge in [-0.15, -0.1) is 0 Å². The Morgan fingerprint density at radius 1 is 0.700 bits per heavy atom. The Kier molecular flexibility index (Phi) is 3.69. The molecule has 1 rings (SSSR count). The minimum atomic E-state index is 1.09. The van der Waals surface area contributed by atoms with E-state index in [1.165, 1.54) is 19.3 Å². The van der Waals surface area contributed by atoms with E-state index < -0.39 is 0 Å². The van der Waals surface area contributed by atoms with Crippen molar-refractivity contribution in [2.45, 2.75) is 25.7 Å². The molecule has 0 unspecified atom stereocenters. The summed E-state index contributed by atoms with van der Waals surface area (Å²) in [5, 5.41) is 0. The van der Waals surface area contributed by atoms with Crippen molar-refractivity contribution >= 4 is 0 Å². The van der Waals surface area contributed by atoms with Gasteiger partial charge in [0.1, 0.15) is 0 Å². The first-order chi connectivity index (χ1) is 5.00. The monoisotopic (exact) mass is 134 g/mol. The second-order valence-corrected chi connectivity index (χ2v) is 2.49. The van der Waals surface area contributed by atoms with Crippen molar-refractivity contribution in [2.24, 2.45) is 0 Å². The minimum absolute atomic E-state index is 1.09. The van der Waals surface area contributed by atoms with Gasteiger partial charge in [0.15, 0.2) is 0 Å². The summed E-state index contributed by atoms with van der Waals surface area (Å²) >= 11 is 0. The lowest BCUT2D eigenvalue weighted by Gasteiger charge is -1.91. The smallest absolute Gasteiger partial charge is 0.0166 e. The minimum Gasteiger partial charge on any atom is -0.0882 e. The molecule has 1 aliphatic carbocycles. The molecular weight excluding hydrogens is 120 g/mol. The number of allylic oxidation sites excluding steroid dienone is 6. The van der Waals surface area contributed by atoms with Gasteiger partial charge in [0.05, 0.1) is 0 Å². The molecule has 54 valence electrons. The van der Waals surface area contributed by atoms with Crippen molar-refractivity contribution in [1.29, 1.82) is 0 Å². The van der Waals surface area contributed by atoms with Crippen molar-refractivity contribution < 1.29 is 0 Å². The van der Waals surface area contributed by atoms with E-state index in [0.29, 0.717) is 0 Å². The molecule has 0 aromatic carbocycles. The van der Waals surface area contributed by atoms with Gasteiger partial charge in [-0.25, -0.2) is 0 Å². The standard InChI is InChI=1S/C10H14/c1-2-4-6-8-10-9-7-5-3-1/h1-4,7,9H,5-6,8,10H2. The van der Waals surface area contributed by atoms with Crippen LogP contribution in [0.4, 0.5) is 0 Å². The summed E-state index contributed by atoms with van der Waals surface area (Å²) in [6.07, 6.45) is 18.0. The summed E-state index contributed by atoms with van der Waals surface area (Å²) in [7, 11) is 0. The first kappa shape index (κ1) is 7.33. The highest BCUT2D eigenvalue weighted by Gasteiger charge is 1.80. The molecule has 0 bridgehead atoms. The average Bonchev–Trinajstić information content (AvgIpc) is 2.01. The van der Waals surface area contributed by atoms with Gasteiger partial charge in [-0.3, -0.25) is 0 Å². The Morgan fingerprint density at radius 3 is 2.50 bits per heavy atom. The molecule has 0 atom stereocenters. The predicted octanol–water partition coefficient (Wildman–Crippen LogP) is 3.23. The molecule has 0 aromatic heterocycles. The Hall–Kier alpha value is -0.780. The highest BCUT2D eigenvalue weighted by Crippen LogP contribution is 2.01. The van der Waals surface area contributed by atoms with E-state index in [-0.39, 0.29) is 0 Å². The number of hydrogen-bond donors (Lipinski definition) is 0. The molecule has 0 saturated carbocycles. The van der Waals surface area contributed by atoms with E-state index in [0.717, 1.165) is 6.42 Å². The topological polar surface area (TPSA) is 0 Å². The molecule has 0 heteroatoms. The van der Waals surface area contributed by atoms with Crippen LogP contribution in [0, 0.1) is 0 Å². The quantitative estimate of drug-likeness (QED) is 0.446. The van der Waals surface area contributed by atoms with Crippen molar-refractivity contribution in [3.63, 3.8) is 0 Å². The highest BCUT2D eigenvalue weighted by molar-refractivity contribution is 5.05. The van der Waals surface area contributed by atoms with Crippen molar-refractivity contribution in [3.05, 3.63) is 36.5 Å². The molecule has 0 spiro atoms. The highest BCUT2D eigenvalue weighted by atomic mass is 13.9. The van der Waals surface area contributed by atoms with Gasteiger partial charge >= 0.3 is 0 Å². The van der Waals surface area contributed by atoms with Crippen LogP contribution in [0.25, 0.3) is 0 Å². The molecule has 0 N–H and O–H groups in total. The molecule has 10 heavy (non-hydrogen) atoms. The molecule has 0 amide bonds. The molecule has 0 saturated heterocycles. The van der Waals surface area contributed by atoms with E-state index in [1.54, 1.807) is 0 Å². The third-order valence-electron chi connectivity index (χ3n) is 1.56. The summed E-state index contributed by atoms with van der Waals surface area (Å²) in [5.74, 6) is 0. The normalized spacial score (nSPS) is 19.2. The van der Waals surface area contributed by atoms with Crippen LogP contribution in [-0.2, 0) is 0 Å². The second-order valence-electron chi connectivity index (χ2n) is 2.49. The van der Waals surface area contributed by atoms with Crippen molar-refractivity contribution in [3.8, 4) is 0 Å². The lowest BCUT2D eigenvalue weighted by atomic mass is 10.2. The van der Waals surface area contributed by atoms with Crippen LogP contribution in [0.5, 0.6) is 0 Å². The third kappa shape index (κ3) is 3.29. The van der Waals surface area contributed by atoms with Gasteiger partial charge in [0.25, 0.3) is 0 Å². The zero-order valence-electron chi connectivity index (χ0n) is 6.29. The zero-order valence-corrected chi connectivity index (χ0v) is 6.29. The van der Waals surface area contributed by atoms with Crippen LogP contribution in [0.15, 0.2) is 36.5 Å². The summed E-state index contributed by atoms with van der Waals surface area (Å²) in [5.41, 5.74) is 0. The molecule has 0 fully saturated rings. The van der Waals surface area contributed by atoms with Gasteiger partial charge < -0.3 is 0 Å². The lowest BCUT2D eigenvalue weighted by Crippen LogP contribution is -1.70. The molecule has 1 aliphatic rings. The van der Waals surface area contributed by atoms with Gasteiger partial charge in [-0.2, -0.15) is 0 Å². The Morgan fingerprint density at radius 2 is 1.50 bits per heavy atom. The van der Waals surface area contributed by atoms with E-state index in [2.05, 4.69) is 36.5 Å². The number of hydrogen-bond acceptors (Lipinski definition) is 0. The maximum atomic E-state index is 2.27. The fourth-order valence-electron chi connectivity index (χ4n) is 0.978. The molecule has 0 nitrogen and oxygen atoms in total. The summed E-state index contributed by atoms with van der Waals surface area (Å²) in [4.78, 5) is 0. The zero-order chi connectivity index (χ0) is 7.07. The van der Waals surface area contributed by atoms with Crippen molar-refractivity contribution in [2.75, 3.05) is 0 Å². The van der Waals surface area contributed by atoms with Crippen LogP contribution in [0.1, 0.15) is 25.7 Å². The Bertz CT molecular complexity index is 149. The Balaban J connectivity index is 2.38. The summed E-state index contributed by atoms with van der Waals surface area (Å²) in [6.45, 7) is 0. The lowest BCUT2D eigenvalue weighted by molar-refractivity contribution is 0.865. The maximum absolute atomic E-state index is 2.27. The summed E-state index contributed by atoms with van der Waals surface area (Å²) in [6, 6.07) is 0. The van der Waals surface area contributed by atoms with Crippen LogP contribution in [-0.4, -0.2) is 0 Å². The molecule has 0 radical (unpaired) electrons. The van der Waals surface area contributed by atoms with Gasteiger partial charge in [0, 0.05) is 0 Å². The largest absolute Gasteiger partial charge is 0.0882 e. The van der Waals surface area contributed by atoms with Crippen molar-refractivity contribution in [1.82, 2.24) is 0 Å². The fraction of sp³-hybridized carbons (Fsp3) is 0.400. The summed E-state index contributed by atoms with van der Waals surface area (Å²) < 4.78 is 0. The first-order valence-corrected chi connectivity index (χ1v) is 3.97. The average molecular weight is 134 g/mol. The van der Waals surface area contributed by atoms with E-state index in [1.807, 2.05) is 0 Å². The van der Waals surface area contributed by atoms with Crippen LogP contribution in [0.2, 0.25) is 0 Å². The van der Waals surface area contributed by atoms with Gasteiger partial charge in [0.2, 0.25) is 0 Å². The van der Waals surface area contributed by atoms with Gasteiger partial charge in [-0.05, 0) is 25.7 Å². The maximum Gasteiger partial charge on any atom is -0.0166 e. The van der Waals surface area contributed by atoms with E-state index >= 15 is 0 Å². The third-order valence-corrected chi connectivity index (χ3v) is 1.56. The van der Waals surface area contributed by atoms with Crippen LogP contribution >= 0.6 is 0 Å². The predicted molar refractivity (Wildman–Crippen MR) is 45.9 cm³/mol. The molecule has 0 aliphatic heterocycles. The van der Waals surface area contributed by atoms with Gasteiger partial charge in [-0.1, -0.05) is 36.5 Å². The second kappa shape index (κ2) is 5.04.